The second-order valence-electron chi connectivity index (χ2n) is 5.01. The predicted octanol–water partition coefficient (Wildman–Crippen LogP) is 3.83. The fourth-order valence-corrected chi connectivity index (χ4v) is 1.63. The minimum Gasteiger partial charge on any atom is -0.305 e. The molecule has 1 aromatic carbocycles. The molecule has 1 aromatic rings. The van der Waals surface area contributed by atoms with E-state index in [0.29, 0.717) is 6.04 Å². The van der Waals surface area contributed by atoms with E-state index in [4.69, 9.17) is 0 Å². The Bertz CT molecular complexity index is 298. The van der Waals surface area contributed by atoms with Crippen LogP contribution in [0.2, 0.25) is 0 Å². The van der Waals surface area contributed by atoms with E-state index in [2.05, 4.69) is 64.2 Å². The van der Waals surface area contributed by atoms with Crippen molar-refractivity contribution in [1.29, 1.82) is 0 Å². The highest BCUT2D eigenvalue weighted by molar-refractivity contribution is 5.23. The molecule has 0 aromatic heterocycles. The molecule has 84 valence electrons. The van der Waals surface area contributed by atoms with Gasteiger partial charge in [-0.15, -0.1) is 0 Å². The SMILES string of the molecule is CCC(C)(C)NC(C)c1ccc(C)cc1. The summed E-state index contributed by atoms with van der Waals surface area (Å²) in [6.07, 6.45) is 1.14. The molecule has 1 unspecified atom stereocenters. The van der Waals surface area contributed by atoms with Gasteiger partial charge in [-0.3, -0.25) is 0 Å². The van der Waals surface area contributed by atoms with Gasteiger partial charge in [-0.25, -0.2) is 0 Å². The van der Waals surface area contributed by atoms with E-state index in [1.807, 2.05) is 0 Å². The van der Waals surface area contributed by atoms with Crippen LogP contribution < -0.4 is 5.32 Å². The maximum atomic E-state index is 3.64. The number of hydrogen-bond donors (Lipinski definition) is 1. The summed E-state index contributed by atoms with van der Waals surface area (Å²) in [5.41, 5.74) is 2.90. The molecule has 15 heavy (non-hydrogen) atoms. The molecule has 0 aliphatic heterocycles. The van der Waals surface area contributed by atoms with Crippen molar-refractivity contribution >= 4 is 0 Å². The maximum absolute atomic E-state index is 3.64. The Balaban J connectivity index is 2.69. The minimum atomic E-state index is 0.213. The Kier molecular flexibility index (Phi) is 3.92. The number of nitrogens with one attached hydrogen (secondary N) is 1. The molecule has 1 N–H and O–H groups in total. The van der Waals surface area contributed by atoms with Crippen LogP contribution in [-0.4, -0.2) is 5.54 Å². The lowest BCUT2D eigenvalue weighted by atomic mass is 9.98. The molecular weight excluding hydrogens is 182 g/mol. The highest BCUT2D eigenvalue weighted by atomic mass is 15.0. The summed E-state index contributed by atoms with van der Waals surface area (Å²) in [5, 5.41) is 3.64. The summed E-state index contributed by atoms with van der Waals surface area (Å²) in [7, 11) is 0. The second kappa shape index (κ2) is 4.80. The highest BCUT2D eigenvalue weighted by Gasteiger charge is 2.17. The van der Waals surface area contributed by atoms with Gasteiger partial charge in [-0.05, 0) is 39.7 Å². The smallest absolute Gasteiger partial charge is 0.0296 e. The molecule has 0 spiro atoms. The van der Waals surface area contributed by atoms with E-state index in [1.54, 1.807) is 0 Å². The standard InChI is InChI=1S/C14H23N/c1-6-14(4,5)15-12(3)13-9-7-11(2)8-10-13/h7-10,12,15H,6H2,1-5H3. The van der Waals surface area contributed by atoms with E-state index < -0.39 is 0 Å². The lowest BCUT2D eigenvalue weighted by Crippen LogP contribution is -2.40. The molecule has 0 bridgehead atoms. The van der Waals surface area contributed by atoms with Crippen LogP contribution in [0.15, 0.2) is 24.3 Å². The van der Waals surface area contributed by atoms with Gasteiger partial charge < -0.3 is 5.32 Å². The average molecular weight is 205 g/mol. The number of rotatable bonds is 4. The average Bonchev–Trinajstić information content (AvgIpc) is 2.18. The molecule has 0 fully saturated rings. The highest BCUT2D eigenvalue weighted by Crippen LogP contribution is 2.18. The molecule has 1 rings (SSSR count). The third-order valence-electron chi connectivity index (χ3n) is 3.07. The summed E-state index contributed by atoms with van der Waals surface area (Å²) in [6.45, 7) is 11.1. The van der Waals surface area contributed by atoms with Crippen LogP contribution in [-0.2, 0) is 0 Å². The molecule has 0 aliphatic rings. The minimum absolute atomic E-state index is 0.213. The van der Waals surface area contributed by atoms with E-state index in [-0.39, 0.29) is 5.54 Å². The van der Waals surface area contributed by atoms with Gasteiger partial charge in [0.25, 0.3) is 0 Å². The first-order valence-electron chi connectivity index (χ1n) is 5.79. The van der Waals surface area contributed by atoms with Crippen LogP contribution in [0, 0.1) is 6.92 Å². The third-order valence-corrected chi connectivity index (χ3v) is 3.07. The molecule has 1 heteroatoms. The van der Waals surface area contributed by atoms with Gasteiger partial charge in [-0.2, -0.15) is 0 Å². The van der Waals surface area contributed by atoms with Crippen molar-refractivity contribution in [2.75, 3.05) is 0 Å². The summed E-state index contributed by atoms with van der Waals surface area (Å²) < 4.78 is 0. The topological polar surface area (TPSA) is 12.0 Å². The Morgan fingerprint density at radius 2 is 1.73 bits per heavy atom. The molecular formula is C14H23N. The molecule has 0 saturated carbocycles. The Hall–Kier alpha value is -0.820. The second-order valence-corrected chi connectivity index (χ2v) is 5.01. The van der Waals surface area contributed by atoms with Crippen LogP contribution in [0.4, 0.5) is 0 Å². The van der Waals surface area contributed by atoms with Crippen molar-refractivity contribution in [2.45, 2.75) is 52.6 Å². The van der Waals surface area contributed by atoms with Gasteiger partial charge in [-0.1, -0.05) is 36.8 Å². The van der Waals surface area contributed by atoms with Crippen molar-refractivity contribution in [3.63, 3.8) is 0 Å². The number of aryl methyl sites for hydroxylation is 1. The first kappa shape index (κ1) is 12.3. The van der Waals surface area contributed by atoms with Gasteiger partial charge in [0.15, 0.2) is 0 Å². The van der Waals surface area contributed by atoms with E-state index >= 15 is 0 Å². The third kappa shape index (κ3) is 3.67. The molecule has 0 aliphatic carbocycles. The largest absolute Gasteiger partial charge is 0.305 e. The van der Waals surface area contributed by atoms with E-state index in [9.17, 15) is 0 Å². The van der Waals surface area contributed by atoms with Crippen LogP contribution in [0.1, 0.15) is 51.3 Å². The first-order valence-corrected chi connectivity index (χ1v) is 5.79. The molecule has 1 nitrogen and oxygen atoms in total. The van der Waals surface area contributed by atoms with Crippen LogP contribution >= 0.6 is 0 Å². The van der Waals surface area contributed by atoms with Crippen molar-refractivity contribution in [2.24, 2.45) is 0 Å². The molecule has 0 saturated heterocycles. The number of hydrogen-bond acceptors (Lipinski definition) is 1. The van der Waals surface area contributed by atoms with Gasteiger partial charge >= 0.3 is 0 Å². The lowest BCUT2D eigenvalue weighted by molar-refractivity contribution is 0.337. The van der Waals surface area contributed by atoms with Gasteiger partial charge in [0.05, 0.1) is 0 Å². The molecule has 0 amide bonds. The van der Waals surface area contributed by atoms with Gasteiger partial charge in [0.2, 0.25) is 0 Å². The summed E-state index contributed by atoms with van der Waals surface area (Å²) in [4.78, 5) is 0. The van der Waals surface area contributed by atoms with Crippen molar-refractivity contribution in [3.8, 4) is 0 Å². The summed E-state index contributed by atoms with van der Waals surface area (Å²) in [6, 6.07) is 9.18. The molecule has 0 radical (unpaired) electrons. The fraction of sp³-hybridized carbons (Fsp3) is 0.571. The monoisotopic (exact) mass is 205 g/mol. The predicted molar refractivity (Wildman–Crippen MR) is 67.1 cm³/mol. The quantitative estimate of drug-likeness (QED) is 0.787. The summed E-state index contributed by atoms with van der Waals surface area (Å²) >= 11 is 0. The zero-order valence-corrected chi connectivity index (χ0v) is 10.6. The van der Waals surface area contributed by atoms with E-state index in [1.165, 1.54) is 11.1 Å². The normalized spacial score (nSPS) is 13.9. The van der Waals surface area contributed by atoms with Crippen molar-refractivity contribution in [3.05, 3.63) is 35.4 Å². The lowest BCUT2D eigenvalue weighted by Gasteiger charge is -2.29. The molecule has 1 atom stereocenters. The zero-order chi connectivity index (χ0) is 11.5. The number of benzene rings is 1. The molecule has 0 heterocycles. The maximum Gasteiger partial charge on any atom is 0.0296 e. The van der Waals surface area contributed by atoms with Crippen molar-refractivity contribution < 1.29 is 0 Å². The first-order chi connectivity index (χ1) is 6.94. The zero-order valence-electron chi connectivity index (χ0n) is 10.6. The van der Waals surface area contributed by atoms with Crippen LogP contribution in [0.3, 0.4) is 0 Å². The fourth-order valence-electron chi connectivity index (χ4n) is 1.63. The Morgan fingerprint density at radius 1 is 1.20 bits per heavy atom. The van der Waals surface area contributed by atoms with E-state index in [0.717, 1.165) is 6.42 Å². The Morgan fingerprint density at radius 3 is 2.20 bits per heavy atom. The van der Waals surface area contributed by atoms with Crippen molar-refractivity contribution in [1.82, 2.24) is 5.32 Å². The van der Waals surface area contributed by atoms with Crippen LogP contribution in [0.25, 0.3) is 0 Å². The van der Waals surface area contributed by atoms with Gasteiger partial charge in [0.1, 0.15) is 0 Å². The van der Waals surface area contributed by atoms with Gasteiger partial charge in [0, 0.05) is 11.6 Å². The van der Waals surface area contributed by atoms with Crippen LogP contribution in [0.5, 0.6) is 0 Å². The summed E-state index contributed by atoms with van der Waals surface area (Å²) in [5.74, 6) is 0. The Labute approximate surface area is 93.9 Å².